The quantitative estimate of drug-likeness (QED) is 0.590. The van der Waals surface area contributed by atoms with E-state index in [1.807, 2.05) is 0 Å². The van der Waals surface area contributed by atoms with Crippen LogP contribution in [0.1, 0.15) is 10.5 Å². The first-order chi connectivity index (χ1) is 5.11. The van der Waals surface area contributed by atoms with E-state index in [0.717, 1.165) is 0 Å². The lowest BCUT2D eigenvalue weighted by atomic mass is 10.4. The second kappa shape index (κ2) is 2.53. The lowest BCUT2D eigenvalue weighted by Gasteiger charge is -1.94. The third kappa shape index (κ3) is 1.43. The zero-order valence-corrected chi connectivity index (χ0v) is 5.81. The maximum atomic E-state index is 10.7. The molecule has 5 heteroatoms. The molecule has 0 aliphatic heterocycles. The highest BCUT2D eigenvalue weighted by Crippen LogP contribution is 1.87. The predicted octanol–water partition coefficient (Wildman–Crippen LogP) is -0.521. The average Bonchev–Trinajstić information content (AvgIpc) is 1.94. The fraction of sp³-hybridized carbons (Fsp3) is 0.167. The summed E-state index contributed by atoms with van der Waals surface area (Å²) in [6, 6.07) is 1.27. The number of carbonyl (C=O) groups is 1. The van der Waals surface area contributed by atoms with Gasteiger partial charge in [-0.2, -0.15) is 4.98 Å². The smallest absolute Gasteiger partial charge is 0.354 e. The van der Waals surface area contributed by atoms with Gasteiger partial charge < -0.3 is 9.67 Å². The van der Waals surface area contributed by atoms with Gasteiger partial charge in [0, 0.05) is 13.2 Å². The summed E-state index contributed by atoms with van der Waals surface area (Å²) in [5.41, 5.74) is -0.794. The van der Waals surface area contributed by atoms with Gasteiger partial charge in [-0.05, 0) is 6.07 Å². The highest BCUT2D eigenvalue weighted by Gasteiger charge is 2.03. The average molecular weight is 154 g/mol. The molecule has 58 valence electrons. The Kier molecular flexibility index (Phi) is 1.72. The van der Waals surface area contributed by atoms with Crippen molar-refractivity contribution in [3.63, 3.8) is 0 Å². The van der Waals surface area contributed by atoms with Crippen molar-refractivity contribution in [3.8, 4) is 0 Å². The van der Waals surface area contributed by atoms with Gasteiger partial charge in [0.15, 0.2) is 5.69 Å². The normalized spacial score (nSPS) is 9.55. The largest absolute Gasteiger partial charge is 0.477 e. The Hall–Kier alpha value is -1.65. The monoisotopic (exact) mass is 154 g/mol. The van der Waals surface area contributed by atoms with E-state index >= 15 is 0 Å². The first-order valence-electron chi connectivity index (χ1n) is 2.88. The summed E-state index contributed by atoms with van der Waals surface area (Å²) in [5, 5.41) is 8.39. The van der Waals surface area contributed by atoms with Crippen molar-refractivity contribution >= 4 is 5.97 Å². The van der Waals surface area contributed by atoms with Crippen LogP contribution in [0.2, 0.25) is 0 Å². The van der Waals surface area contributed by atoms with Gasteiger partial charge in [0.2, 0.25) is 0 Å². The van der Waals surface area contributed by atoms with Crippen LogP contribution in [0.4, 0.5) is 0 Å². The third-order valence-electron chi connectivity index (χ3n) is 1.19. The fourth-order valence-electron chi connectivity index (χ4n) is 0.584. The number of aromatic carboxylic acids is 1. The van der Waals surface area contributed by atoms with Crippen molar-refractivity contribution in [1.82, 2.24) is 9.55 Å². The summed E-state index contributed by atoms with van der Waals surface area (Å²) in [6.45, 7) is 0. The molecule has 1 heterocycles. The Balaban J connectivity index is 3.26. The molecule has 1 aromatic rings. The van der Waals surface area contributed by atoms with Crippen LogP contribution >= 0.6 is 0 Å². The maximum absolute atomic E-state index is 10.7. The molecule has 1 aromatic heterocycles. The Morgan fingerprint density at radius 2 is 2.36 bits per heavy atom. The second-order valence-electron chi connectivity index (χ2n) is 2.01. The number of aryl methyl sites for hydroxylation is 1. The van der Waals surface area contributed by atoms with Crippen LogP contribution in [0.15, 0.2) is 17.1 Å². The Morgan fingerprint density at radius 3 is 2.82 bits per heavy atom. The number of carboxylic acid groups (broad SMARTS) is 1. The molecule has 0 amide bonds. The zero-order chi connectivity index (χ0) is 8.43. The third-order valence-corrected chi connectivity index (χ3v) is 1.19. The molecule has 0 unspecified atom stereocenters. The van der Waals surface area contributed by atoms with Crippen molar-refractivity contribution < 1.29 is 9.90 Å². The highest BCUT2D eigenvalue weighted by molar-refractivity contribution is 5.84. The van der Waals surface area contributed by atoms with Crippen LogP contribution in [0, 0.1) is 0 Å². The van der Waals surface area contributed by atoms with Crippen LogP contribution < -0.4 is 5.69 Å². The number of hydrogen-bond acceptors (Lipinski definition) is 3. The summed E-state index contributed by atoms with van der Waals surface area (Å²) >= 11 is 0. The molecule has 0 aliphatic rings. The maximum Gasteiger partial charge on any atom is 0.354 e. The molecular weight excluding hydrogens is 148 g/mol. The van der Waals surface area contributed by atoms with Crippen LogP contribution in [0.5, 0.6) is 0 Å². The molecule has 0 saturated carbocycles. The molecule has 5 nitrogen and oxygen atoms in total. The summed E-state index contributed by atoms with van der Waals surface area (Å²) in [7, 11) is 1.50. The first kappa shape index (κ1) is 7.46. The Labute approximate surface area is 61.9 Å². The standard InChI is InChI=1S/C6H6N2O3/c1-8-3-2-4(5(9)10)7-6(8)11/h2-3H,1H3,(H,9,10). The topological polar surface area (TPSA) is 72.2 Å². The van der Waals surface area contributed by atoms with Gasteiger partial charge in [-0.1, -0.05) is 0 Å². The SMILES string of the molecule is Cn1ccc(C(=O)O)nc1=O. The molecule has 0 fully saturated rings. The number of carboxylic acids is 1. The van der Waals surface area contributed by atoms with Crippen molar-refractivity contribution in [2.24, 2.45) is 7.05 Å². The molecule has 0 spiro atoms. The van der Waals surface area contributed by atoms with Crippen molar-refractivity contribution in [2.75, 3.05) is 0 Å². The van der Waals surface area contributed by atoms with E-state index in [4.69, 9.17) is 5.11 Å². The van der Waals surface area contributed by atoms with Gasteiger partial charge >= 0.3 is 11.7 Å². The summed E-state index contributed by atoms with van der Waals surface area (Å²) < 4.78 is 1.20. The van der Waals surface area contributed by atoms with Gasteiger partial charge in [-0.3, -0.25) is 0 Å². The van der Waals surface area contributed by atoms with Crippen LogP contribution in [-0.2, 0) is 7.05 Å². The van der Waals surface area contributed by atoms with E-state index in [1.165, 1.54) is 23.9 Å². The first-order valence-corrected chi connectivity index (χ1v) is 2.88. The molecule has 1 N–H and O–H groups in total. The summed E-state index contributed by atoms with van der Waals surface area (Å²) in [4.78, 5) is 24.3. The van der Waals surface area contributed by atoms with Crippen LogP contribution in [0.3, 0.4) is 0 Å². The Bertz CT molecular complexity index is 342. The molecule has 0 radical (unpaired) electrons. The minimum Gasteiger partial charge on any atom is -0.477 e. The fourth-order valence-corrected chi connectivity index (χ4v) is 0.584. The number of hydrogen-bond donors (Lipinski definition) is 1. The predicted molar refractivity (Wildman–Crippen MR) is 36.4 cm³/mol. The molecule has 0 atom stereocenters. The van der Waals surface area contributed by atoms with Gasteiger partial charge in [-0.15, -0.1) is 0 Å². The second-order valence-corrected chi connectivity index (χ2v) is 2.01. The lowest BCUT2D eigenvalue weighted by molar-refractivity contribution is 0.0689. The molecule has 0 aromatic carbocycles. The lowest BCUT2D eigenvalue weighted by Crippen LogP contribution is -2.21. The minimum atomic E-state index is -1.19. The van der Waals surface area contributed by atoms with E-state index in [9.17, 15) is 9.59 Å². The van der Waals surface area contributed by atoms with E-state index in [1.54, 1.807) is 0 Å². The van der Waals surface area contributed by atoms with Crippen molar-refractivity contribution in [3.05, 3.63) is 28.4 Å². The Morgan fingerprint density at radius 1 is 1.73 bits per heavy atom. The van der Waals surface area contributed by atoms with Gasteiger partial charge in [-0.25, -0.2) is 9.59 Å². The van der Waals surface area contributed by atoms with Crippen LogP contribution in [0.25, 0.3) is 0 Å². The molecule has 0 bridgehead atoms. The molecule has 1 rings (SSSR count). The highest BCUT2D eigenvalue weighted by atomic mass is 16.4. The van der Waals surface area contributed by atoms with Crippen molar-refractivity contribution in [2.45, 2.75) is 0 Å². The molecule has 0 saturated heterocycles. The summed E-state index contributed by atoms with van der Waals surface area (Å²) in [6.07, 6.45) is 1.36. The summed E-state index contributed by atoms with van der Waals surface area (Å²) in [5.74, 6) is -1.19. The molecular formula is C6H6N2O3. The number of nitrogens with zero attached hydrogens (tertiary/aromatic N) is 2. The number of rotatable bonds is 1. The molecule has 0 aliphatic carbocycles. The van der Waals surface area contributed by atoms with Crippen LogP contribution in [-0.4, -0.2) is 20.6 Å². The van der Waals surface area contributed by atoms with E-state index in [0.29, 0.717) is 0 Å². The van der Waals surface area contributed by atoms with Gasteiger partial charge in [0.05, 0.1) is 0 Å². The van der Waals surface area contributed by atoms with Gasteiger partial charge in [0.1, 0.15) is 0 Å². The van der Waals surface area contributed by atoms with E-state index < -0.39 is 11.7 Å². The van der Waals surface area contributed by atoms with Crippen molar-refractivity contribution in [1.29, 1.82) is 0 Å². The van der Waals surface area contributed by atoms with E-state index in [2.05, 4.69) is 4.98 Å². The van der Waals surface area contributed by atoms with Gasteiger partial charge in [0.25, 0.3) is 0 Å². The minimum absolute atomic E-state index is 0.229. The molecule has 11 heavy (non-hydrogen) atoms. The van der Waals surface area contributed by atoms with E-state index in [-0.39, 0.29) is 5.69 Å². The zero-order valence-electron chi connectivity index (χ0n) is 5.81. The number of aromatic nitrogens is 2.